The van der Waals surface area contributed by atoms with E-state index in [4.69, 9.17) is 37.7 Å². The fourth-order valence-corrected chi connectivity index (χ4v) is 5.42. The number of hydrogen-bond acceptors (Lipinski definition) is 6. The van der Waals surface area contributed by atoms with Crippen molar-refractivity contribution in [3.63, 3.8) is 0 Å². The van der Waals surface area contributed by atoms with Crippen LogP contribution in [0.5, 0.6) is 0 Å². The summed E-state index contributed by atoms with van der Waals surface area (Å²) in [4.78, 5) is 19.9. The minimum absolute atomic E-state index is 0.0218. The van der Waals surface area contributed by atoms with Gasteiger partial charge in [-0.05, 0) is 31.2 Å². The van der Waals surface area contributed by atoms with Crippen LogP contribution in [0.2, 0.25) is 10.0 Å². The Balaban J connectivity index is 1.33. The quantitative estimate of drug-likeness (QED) is 0.281. The predicted octanol–water partition coefficient (Wildman–Crippen LogP) is 6.67. The second-order valence-electron chi connectivity index (χ2n) is 8.51. The van der Waals surface area contributed by atoms with Crippen LogP contribution in [-0.4, -0.2) is 46.8 Å². The summed E-state index contributed by atoms with van der Waals surface area (Å²) >= 11 is 13.9. The maximum Gasteiger partial charge on any atom is 0.412 e. The number of anilines is 1. The van der Waals surface area contributed by atoms with E-state index in [0.717, 1.165) is 66.6 Å². The van der Waals surface area contributed by atoms with Gasteiger partial charge in [0.1, 0.15) is 11.6 Å². The van der Waals surface area contributed by atoms with E-state index in [9.17, 15) is 4.79 Å². The summed E-state index contributed by atoms with van der Waals surface area (Å²) in [5, 5.41) is 7.69. The SMILES string of the molecule is CCn1cc(NC(=O)OCc2cccc(Cl)c2Cl)c2cc(-c3nc(CN4CCOCC4)cs3)ccc21. The van der Waals surface area contributed by atoms with Crippen LogP contribution >= 0.6 is 34.5 Å². The molecule has 7 nitrogen and oxygen atoms in total. The number of morpholine rings is 1. The van der Waals surface area contributed by atoms with Crippen LogP contribution in [0.25, 0.3) is 21.5 Å². The minimum atomic E-state index is -0.561. The van der Waals surface area contributed by atoms with Crippen LogP contribution in [0.15, 0.2) is 48.0 Å². The van der Waals surface area contributed by atoms with Crippen molar-refractivity contribution in [1.29, 1.82) is 0 Å². The van der Waals surface area contributed by atoms with E-state index >= 15 is 0 Å². The molecule has 0 radical (unpaired) electrons. The smallest absolute Gasteiger partial charge is 0.412 e. The van der Waals surface area contributed by atoms with Crippen LogP contribution in [0.3, 0.4) is 0 Å². The van der Waals surface area contributed by atoms with Gasteiger partial charge in [-0.25, -0.2) is 9.78 Å². The van der Waals surface area contributed by atoms with E-state index in [1.165, 1.54) is 0 Å². The van der Waals surface area contributed by atoms with Gasteiger partial charge in [0.25, 0.3) is 0 Å². The summed E-state index contributed by atoms with van der Waals surface area (Å²) in [6, 6.07) is 11.5. The van der Waals surface area contributed by atoms with Crippen LogP contribution in [0, 0.1) is 0 Å². The van der Waals surface area contributed by atoms with Gasteiger partial charge in [0.2, 0.25) is 0 Å². The van der Waals surface area contributed by atoms with Crippen LogP contribution in [0.4, 0.5) is 10.5 Å². The molecule has 0 spiro atoms. The van der Waals surface area contributed by atoms with E-state index in [2.05, 4.69) is 45.3 Å². The summed E-state index contributed by atoms with van der Waals surface area (Å²) in [5.41, 5.74) is 4.43. The number of hydrogen-bond donors (Lipinski definition) is 1. The number of nitrogens with zero attached hydrogens (tertiary/aromatic N) is 3. The molecule has 36 heavy (non-hydrogen) atoms. The number of amides is 1. The van der Waals surface area contributed by atoms with E-state index < -0.39 is 6.09 Å². The molecule has 10 heteroatoms. The summed E-state index contributed by atoms with van der Waals surface area (Å²) in [5.74, 6) is 0. The number of fused-ring (bicyclic) bond motifs is 1. The van der Waals surface area contributed by atoms with Gasteiger partial charge >= 0.3 is 6.09 Å². The topological polar surface area (TPSA) is 68.6 Å². The van der Waals surface area contributed by atoms with Crippen molar-refractivity contribution in [3.8, 4) is 10.6 Å². The molecule has 0 saturated carbocycles. The summed E-state index contributed by atoms with van der Waals surface area (Å²) in [7, 11) is 0. The van der Waals surface area contributed by atoms with Crippen molar-refractivity contribution in [3.05, 3.63) is 69.3 Å². The minimum Gasteiger partial charge on any atom is -0.444 e. The fraction of sp³-hybridized carbons (Fsp3) is 0.308. The predicted molar refractivity (Wildman–Crippen MR) is 145 cm³/mol. The zero-order valence-electron chi connectivity index (χ0n) is 19.8. The molecule has 2 aromatic carbocycles. The van der Waals surface area contributed by atoms with Crippen molar-refractivity contribution in [1.82, 2.24) is 14.5 Å². The number of aromatic nitrogens is 2. The van der Waals surface area contributed by atoms with Gasteiger partial charge in [0, 0.05) is 54.3 Å². The molecule has 0 aliphatic carbocycles. The Morgan fingerprint density at radius 1 is 1.22 bits per heavy atom. The molecule has 2 aromatic heterocycles. The van der Waals surface area contributed by atoms with E-state index in [0.29, 0.717) is 21.3 Å². The maximum absolute atomic E-state index is 12.6. The first-order valence-corrected chi connectivity index (χ1v) is 13.4. The number of halogens is 2. The molecular weight excluding hydrogens is 519 g/mol. The Morgan fingerprint density at radius 2 is 2.06 bits per heavy atom. The lowest BCUT2D eigenvalue weighted by atomic mass is 10.1. The first-order chi connectivity index (χ1) is 17.5. The highest BCUT2D eigenvalue weighted by Gasteiger charge is 2.16. The zero-order valence-corrected chi connectivity index (χ0v) is 22.1. The first-order valence-electron chi connectivity index (χ1n) is 11.8. The van der Waals surface area contributed by atoms with E-state index in [1.807, 2.05) is 6.20 Å². The first kappa shape index (κ1) is 25.0. The molecule has 0 bridgehead atoms. The number of carbonyl (C=O) groups excluding carboxylic acids is 1. The number of aryl methyl sites for hydroxylation is 1. The van der Waals surface area contributed by atoms with Crippen LogP contribution < -0.4 is 5.32 Å². The lowest BCUT2D eigenvalue weighted by molar-refractivity contribution is 0.0337. The van der Waals surface area contributed by atoms with Gasteiger partial charge in [-0.15, -0.1) is 11.3 Å². The van der Waals surface area contributed by atoms with Crippen molar-refractivity contribution >= 4 is 57.2 Å². The zero-order chi connectivity index (χ0) is 25.1. The van der Waals surface area contributed by atoms with E-state index in [1.54, 1.807) is 29.5 Å². The molecule has 1 aliphatic rings. The Hall–Kier alpha value is -2.62. The molecule has 1 aliphatic heterocycles. The molecule has 5 rings (SSSR count). The molecule has 4 aromatic rings. The van der Waals surface area contributed by atoms with Crippen molar-refractivity contribution < 1.29 is 14.3 Å². The average molecular weight is 545 g/mol. The molecule has 188 valence electrons. The lowest BCUT2D eigenvalue weighted by Gasteiger charge is -2.25. The van der Waals surface area contributed by atoms with Gasteiger partial charge < -0.3 is 14.0 Å². The standard InChI is InChI=1S/C26H26Cl2N4O3S/c1-2-32-14-22(30-26(33)35-15-18-4-3-5-21(27)24(18)28)20-12-17(6-7-23(20)32)25-29-19(16-36-25)13-31-8-10-34-11-9-31/h3-7,12,14,16H,2,8-11,13,15H2,1H3,(H,30,33). The third-order valence-electron chi connectivity index (χ3n) is 6.14. The van der Waals surface area contributed by atoms with Crippen molar-refractivity contribution in [2.75, 3.05) is 31.6 Å². The molecule has 1 amide bonds. The number of carbonyl (C=O) groups is 1. The molecular formula is C26H26Cl2N4O3S. The largest absolute Gasteiger partial charge is 0.444 e. The third kappa shape index (κ3) is 5.53. The Morgan fingerprint density at radius 3 is 2.86 bits per heavy atom. The molecule has 1 saturated heterocycles. The van der Waals surface area contributed by atoms with Gasteiger partial charge in [0.05, 0.1) is 40.2 Å². The van der Waals surface area contributed by atoms with Crippen molar-refractivity contribution in [2.45, 2.75) is 26.6 Å². The normalized spacial score (nSPS) is 14.3. The van der Waals surface area contributed by atoms with Gasteiger partial charge in [-0.2, -0.15) is 0 Å². The fourth-order valence-electron chi connectivity index (χ4n) is 4.24. The summed E-state index contributed by atoms with van der Waals surface area (Å²) in [6.45, 7) is 7.08. The number of rotatable bonds is 7. The Labute approximate surface area is 223 Å². The number of ether oxygens (including phenoxy) is 2. The van der Waals surface area contributed by atoms with Gasteiger partial charge in [-0.3, -0.25) is 10.2 Å². The highest BCUT2D eigenvalue weighted by atomic mass is 35.5. The van der Waals surface area contributed by atoms with Gasteiger partial charge in [-0.1, -0.05) is 35.3 Å². The monoisotopic (exact) mass is 544 g/mol. The number of thiazole rings is 1. The van der Waals surface area contributed by atoms with E-state index in [-0.39, 0.29) is 6.61 Å². The summed E-state index contributed by atoms with van der Waals surface area (Å²) < 4.78 is 13.0. The maximum atomic E-state index is 12.6. The molecule has 0 unspecified atom stereocenters. The average Bonchev–Trinajstić information content (AvgIpc) is 3.50. The Kier molecular flexibility index (Phi) is 7.79. The van der Waals surface area contributed by atoms with Crippen LogP contribution in [0.1, 0.15) is 18.2 Å². The number of benzene rings is 2. The van der Waals surface area contributed by atoms with Gasteiger partial charge in [0.15, 0.2) is 0 Å². The van der Waals surface area contributed by atoms with Crippen LogP contribution in [-0.2, 0) is 29.2 Å². The number of nitrogens with one attached hydrogen (secondary N) is 1. The molecule has 1 N–H and O–H groups in total. The second-order valence-corrected chi connectivity index (χ2v) is 10.2. The van der Waals surface area contributed by atoms with Crippen molar-refractivity contribution in [2.24, 2.45) is 0 Å². The highest BCUT2D eigenvalue weighted by Crippen LogP contribution is 2.33. The molecule has 3 heterocycles. The lowest BCUT2D eigenvalue weighted by Crippen LogP contribution is -2.35. The highest BCUT2D eigenvalue weighted by molar-refractivity contribution is 7.13. The Bertz CT molecular complexity index is 1380. The summed E-state index contributed by atoms with van der Waals surface area (Å²) in [6.07, 6.45) is 1.36. The molecule has 1 fully saturated rings. The second kappa shape index (κ2) is 11.2. The molecule has 0 atom stereocenters. The third-order valence-corrected chi connectivity index (χ3v) is 7.94.